The molecule has 0 saturated heterocycles. The third-order valence-electron chi connectivity index (χ3n) is 3.45. The molecule has 1 atom stereocenters. The highest BCUT2D eigenvalue weighted by atomic mass is 79.9. The van der Waals surface area contributed by atoms with Crippen LogP contribution in [0.4, 0.5) is 0 Å². The Morgan fingerprint density at radius 1 is 1.17 bits per heavy atom. The van der Waals surface area contributed by atoms with Crippen molar-refractivity contribution in [2.45, 2.75) is 12.5 Å². The van der Waals surface area contributed by atoms with Crippen molar-refractivity contribution >= 4 is 33.4 Å². The van der Waals surface area contributed by atoms with Gasteiger partial charge in [0.15, 0.2) is 0 Å². The number of benzene rings is 2. The standard InChI is InChI=1S/C18H16BrClN2O/c19-16-10-5-4-9-15(16)18(23)22(12-6-11-20)17(13-21)14-7-2-1-3-8-14/h1-5,7-10,17H,6,11-12H2. The molecule has 0 aliphatic rings. The van der Waals surface area contributed by atoms with Crippen molar-refractivity contribution in [3.8, 4) is 6.07 Å². The number of nitrogens with zero attached hydrogens (tertiary/aromatic N) is 2. The number of carbonyl (C=O) groups excluding carboxylic acids is 1. The van der Waals surface area contributed by atoms with Crippen LogP contribution in [0.2, 0.25) is 0 Å². The lowest BCUT2D eigenvalue weighted by atomic mass is 10.0. The first-order chi connectivity index (χ1) is 11.2. The van der Waals surface area contributed by atoms with Gasteiger partial charge in [-0.2, -0.15) is 5.26 Å². The van der Waals surface area contributed by atoms with E-state index >= 15 is 0 Å². The van der Waals surface area contributed by atoms with Crippen LogP contribution in [-0.4, -0.2) is 23.2 Å². The fraction of sp³-hybridized carbons (Fsp3) is 0.222. The van der Waals surface area contributed by atoms with Crippen LogP contribution < -0.4 is 0 Å². The van der Waals surface area contributed by atoms with Crippen molar-refractivity contribution in [2.24, 2.45) is 0 Å². The summed E-state index contributed by atoms with van der Waals surface area (Å²) in [5.41, 5.74) is 1.34. The molecule has 0 aliphatic carbocycles. The minimum Gasteiger partial charge on any atom is -0.318 e. The second-order valence-corrected chi connectivity index (χ2v) is 6.20. The second-order valence-electron chi connectivity index (χ2n) is 4.96. The smallest absolute Gasteiger partial charge is 0.256 e. The zero-order valence-electron chi connectivity index (χ0n) is 12.5. The zero-order chi connectivity index (χ0) is 16.7. The van der Waals surface area contributed by atoms with Crippen LogP contribution in [-0.2, 0) is 0 Å². The first-order valence-electron chi connectivity index (χ1n) is 7.25. The Balaban J connectivity index is 2.38. The van der Waals surface area contributed by atoms with Gasteiger partial charge in [0.05, 0.1) is 11.6 Å². The molecule has 0 aromatic heterocycles. The van der Waals surface area contributed by atoms with E-state index in [1.807, 2.05) is 48.5 Å². The molecule has 2 aromatic carbocycles. The highest BCUT2D eigenvalue weighted by Crippen LogP contribution is 2.25. The number of alkyl halides is 1. The molecule has 1 unspecified atom stereocenters. The van der Waals surface area contributed by atoms with Crippen LogP contribution in [0.1, 0.15) is 28.4 Å². The van der Waals surface area contributed by atoms with Gasteiger partial charge in [-0.15, -0.1) is 11.6 Å². The SMILES string of the molecule is N#CC(c1ccccc1)N(CCCCl)C(=O)c1ccccc1Br. The van der Waals surface area contributed by atoms with Crippen molar-refractivity contribution in [3.63, 3.8) is 0 Å². The summed E-state index contributed by atoms with van der Waals surface area (Å²) in [6.07, 6.45) is 0.628. The van der Waals surface area contributed by atoms with Crippen molar-refractivity contribution in [1.29, 1.82) is 5.26 Å². The number of nitriles is 1. The lowest BCUT2D eigenvalue weighted by molar-refractivity contribution is 0.0716. The Morgan fingerprint density at radius 3 is 2.43 bits per heavy atom. The van der Waals surface area contributed by atoms with Crippen molar-refractivity contribution in [2.75, 3.05) is 12.4 Å². The number of rotatable bonds is 6. The summed E-state index contributed by atoms with van der Waals surface area (Å²) in [6.45, 7) is 0.427. The summed E-state index contributed by atoms with van der Waals surface area (Å²) >= 11 is 9.20. The molecule has 0 bridgehead atoms. The van der Waals surface area contributed by atoms with Gasteiger partial charge in [-0.3, -0.25) is 4.79 Å². The Kier molecular flexibility index (Phi) is 6.64. The Morgan fingerprint density at radius 2 is 1.83 bits per heavy atom. The van der Waals surface area contributed by atoms with E-state index in [9.17, 15) is 10.1 Å². The topological polar surface area (TPSA) is 44.1 Å². The highest BCUT2D eigenvalue weighted by molar-refractivity contribution is 9.10. The number of hydrogen-bond acceptors (Lipinski definition) is 2. The van der Waals surface area contributed by atoms with E-state index in [0.29, 0.717) is 28.9 Å². The summed E-state index contributed by atoms with van der Waals surface area (Å²) in [5.74, 6) is 0.255. The quantitative estimate of drug-likeness (QED) is 0.665. The largest absolute Gasteiger partial charge is 0.318 e. The van der Waals surface area contributed by atoms with Gasteiger partial charge >= 0.3 is 0 Å². The van der Waals surface area contributed by atoms with Gasteiger partial charge in [-0.05, 0) is 40.0 Å². The van der Waals surface area contributed by atoms with Gasteiger partial charge in [-0.25, -0.2) is 0 Å². The number of hydrogen-bond donors (Lipinski definition) is 0. The molecule has 0 radical (unpaired) electrons. The van der Waals surface area contributed by atoms with Crippen LogP contribution >= 0.6 is 27.5 Å². The average Bonchev–Trinajstić information content (AvgIpc) is 2.59. The maximum atomic E-state index is 12.9. The summed E-state index contributed by atoms with van der Waals surface area (Å²) < 4.78 is 0.714. The Labute approximate surface area is 149 Å². The van der Waals surface area contributed by atoms with E-state index in [2.05, 4.69) is 22.0 Å². The molecule has 5 heteroatoms. The highest BCUT2D eigenvalue weighted by Gasteiger charge is 2.26. The van der Waals surface area contributed by atoms with Crippen LogP contribution in [0.3, 0.4) is 0 Å². The predicted molar refractivity (Wildman–Crippen MR) is 95.3 cm³/mol. The molecule has 23 heavy (non-hydrogen) atoms. The average molecular weight is 392 g/mol. The monoisotopic (exact) mass is 390 g/mol. The molecular weight excluding hydrogens is 376 g/mol. The lowest BCUT2D eigenvalue weighted by Crippen LogP contribution is -2.35. The molecule has 2 rings (SSSR count). The molecule has 0 N–H and O–H groups in total. The Bertz CT molecular complexity index is 700. The van der Waals surface area contributed by atoms with E-state index in [1.165, 1.54) is 0 Å². The van der Waals surface area contributed by atoms with E-state index in [4.69, 9.17) is 11.6 Å². The molecule has 0 aliphatic heterocycles. The zero-order valence-corrected chi connectivity index (χ0v) is 14.8. The summed E-state index contributed by atoms with van der Waals surface area (Å²) in [6, 6.07) is 18.2. The summed E-state index contributed by atoms with van der Waals surface area (Å²) in [5, 5.41) is 9.63. The number of carbonyl (C=O) groups is 1. The summed E-state index contributed by atoms with van der Waals surface area (Å²) in [7, 11) is 0. The third kappa shape index (κ3) is 4.34. The van der Waals surface area contributed by atoms with E-state index in [1.54, 1.807) is 11.0 Å². The molecule has 2 aromatic rings. The second kappa shape index (κ2) is 8.71. The lowest BCUT2D eigenvalue weighted by Gasteiger charge is -2.28. The molecule has 0 heterocycles. The first-order valence-corrected chi connectivity index (χ1v) is 8.57. The fourth-order valence-corrected chi connectivity index (χ4v) is 2.90. The number of halogens is 2. The van der Waals surface area contributed by atoms with Gasteiger partial charge in [0.2, 0.25) is 0 Å². The third-order valence-corrected chi connectivity index (χ3v) is 4.41. The Hall–Kier alpha value is -1.83. The molecule has 3 nitrogen and oxygen atoms in total. The van der Waals surface area contributed by atoms with Gasteiger partial charge in [0.1, 0.15) is 6.04 Å². The van der Waals surface area contributed by atoms with Crippen LogP contribution in [0.25, 0.3) is 0 Å². The van der Waals surface area contributed by atoms with E-state index in [0.717, 1.165) is 5.56 Å². The molecule has 0 fully saturated rings. The van der Waals surface area contributed by atoms with Crippen molar-refractivity contribution < 1.29 is 4.79 Å². The van der Waals surface area contributed by atoms with Gasteiger partial charge in [-0.1, -0.05) is 42.5 Å². The maximum absolute atomic E-state index is 12.9. The van der Waals surface area contributed by atoms with Crippen LogP contribution in [0.5, 0.6) is 0 Å². The minimum atomic E-state index is -0.640. The van der Waals surface area contributed by atoms with Crippen molar-refractivity contribution in [1.82, 2.24) is 4.90 Å². The van der Waals surface area contributed by atoms with E-state index < -0.39 is 6.04 Å². The molecule has 0 spiro atoms. The van der Waals surface area contributed by atoms with Gasteiger partial charge in [0, 0.05) is 16.9 Å². The normalized spacial score (nSPS) is 11.5. The van der Waals surface area contributed by atoms with E-state index in [-0.39, 0.29) is 5.91 Å². The summed E-state index contributed by atoms with van der Waals surface area (Å²) in [4.78, 5) is 14.5. The number of amides is 1. The minimum absolute atomic E-state index is 0.182. The van der Waals surface area contributed by atoms with Gasteiger partial charge < -0.3 is 4.90 Å². The molecular formula is C18H16BrClN2O. The molecule has 0 saturated carbocycles. The maximum Gasteiger partial charge on any atom is 0.256 e. The van der Waals surface area contributed by atoms with Crippen LogP contribution in [0.15, 0.2) is 59.1 Å². The predicted octanol–water partition coefficient (Wildman–Crippen LogP) is 4.79. The fourth-order valence-electron chi connectivity index (χ4n) is 2.33. The first kappa shape index (κ1) is 17.5. The molecule has 118 valence electrons. The van der Waals surface area contributed by atoms with Crippen molar-refractivity contribution in [3.05, 3.63) is 70.2 Å². The van der Waals surface area contributed by atoms with Crippen LogP contribution in [0, 0.1) is 11.3 Å². The van der Waals surface area contributed by atoms with Gasteiger partial charge in [0.25, 0.3) is 5.91 Å². The molecule has 1 amide bonds.